The Hall–Kier alpha value is -2.09. The number of aromatic amines is 1. The summed E-state index contributed by atoms with van der Waals surface area (Å²) in [6, 6.07) is 1.18. The number of azide groups is 1. The first-order chi connectivity index (χ1) is 9.95. The molecule has 1 aromatic rings. The van der Waals surface area contributed by atoms with Crippen LogP contribution in [0.3, 0.4) is 0 Å². The van der Waals surface area contributed by atoms with Gasteiger partial charge in [0.1, 0.15) is 6.10 Å². The summed E-state index contributed by atoms with van der Waals surface area (Å²) in [6.45, 7) is 3.69. The maximum absolute atomic E-state index is 11.8. The lowest BCUT2D eigenvalue weighted by atomic mass is 9.85. The summed E-state index contributed by atoms with van der Waals surface area (Å²) in [7, 11) is 0. The van der Waals surface area contributed by atoms with Crippen molar-refractivity contribution in [1.29, 1.82) is 0 Å². The maximum atomic E-state index is 11.8. The SMILES string of the molecule is CC[C@@]1(CN=[N+]=[N-])O[C@@H](n2ccc(=O)[nH]c2=O)[C@@H](O)C1C. The summed E-state index contributed by atoms with van der Waals surface area (Å²) in [5, 5.41) is 13.9. The number of aliphatic hydroxyl groups excluding tert-OH is 1. The molecule has 0 radical (unpaired) electrons. The van der Waals surface area contributed by atoms with Gasteiger partial charge in [-0.05, 0) is 12.0 Å². The van der Waals surface area contributed by atoms with E-state index < -0.39 is 29.2 Å². The molecular weight excluding hydrogens is 278 g/mol. The molecule has 0 aromatic carbocycles. The Labute approximate surface area is 119 Å². The van der Waals surface area contributed by atoms with E-state index in [0.717, 1.165) is 4.57 Å². The third kappa shape index (κ3) is 2.58. The zero-order valence-corrected chi connectivity index (χ0v) is 11.8. The number of ether oxygens (including phenoxy) is 1. The summed E-state index contributed by atoms with van der Waals surface area (Å²) in [5.41, 5.74) is 6.47. The third-order valence-electron chi connectivity index (χ3n) is 4.12. The molecule has 0 amide bonds. The van der Waals surface area contributed by atoms with Gasteiger partial charge in [-0.2, -0.15) is 0 Å². The lowest BCUT2D eigenvalue weighted by molar-refractivity contribution is -0.0913. The van der Waals surface area contributed by atoms with Crippen molar-refractivity contribution in [2.24, 2.45) is 11.0 Å². The molecular formula is C12H17N5O4. The molecule has 4 atom stereocenters. The van der Waals surface area contributed by atoms with Crippen molar-refractivity contribution < 1.29 is 9.84 Å². The second-order valence-electron chi connectivity index (χ2n) is 5.11. The third-order valence-corrected chi connectivity index (χ3v) is 4.12. The van der Waals surface area contributed by atoms with E-state index in [1.165, 1.54) is 12.3 Å². The van der Waals surface area contributed by atoms with Gasteiger partial charge in [0, 0.05) is 23.1 Å². The Balaban J connectivity index is 2.41. The van der Waals surface area contributed by atoms with E-state index in [0.29, 0.717) is 6.42 Å². The van der Waals surface area contributed by atoms with Gasteiger partial charge < -0.3 is 9.84 Å². The Bertz CT molecular complexity index is 677. The largest absolute Gasteiger partial charge is 0.388 e. The molecule has 0 saturated carbocycles. The Morgan fingerprint density at radius 2 is 2.33 bits per heavy atom. The number of nitrogens with one attached hydrogen (secondary N) is 1. The van der Waals surface area contributed by atoms with Crippen LogP contribution in [-0.4, -0.2) is 32.9 Å². The molecule has 1 aliphatic heterocycles. The monoisotopic (exact) mass is 295 g/mol. The topological polar surface area (TPSA) is 133 Å². The van der Waals surface area contributed by atoms with Crippen LogP contribution in [0.5, 0.6) is 0 Å². The number of hydrogen-bond donors (Lipinski definition) is 2. The van der Waals surface area contributed by atoms with Gasteiger partial charge >= 0.3 is 5.69 Å². The molecule has 1 aromatic heterocycles. The second-order valence-corrected chi connectivity index (χ2v) is 5.11. The molecule has 1 aliphatic rings. The number of H-pyrrole nitrogens is 1. The molecule has 21 heavy (non-hydrogen) atoms. The van der Waals surface area contributed by atoms with Gasteiger partial charge in [0.15, 0.2) is 6.23 Å². The molecule has 9 nitrogen and oxygen atoms in total. The van der Waals surface area contributed by atoms with Crippen LogP contribution < -0.4 is 11.2 Å². The number of nitrogens with zero attached hydrogens (tertiary/aromatic N) is 4. The molecule has 0 aliphatic carbocycles. The first kappa shape index (κ1) is 15.3. The van der Waals surface area contributed by atoms with Crippen molar-refractivity contribution in [3.63, 3.8) is 0 Å². The maximum Gasteiger partial charge on any atom is 0.330 e. The van der Waals surface area contributed by atoms with Crippen molar-refractivity contribution in [3.05, 3.63) is 43.5 Å². The Morgan fingerprint density at radius 3 is 2.90 bits per heavy atom. The van der Waals surface area contributed by atoms with E-state index in [-0.39, 0.29) is 12.5 Å². The highest BCUT2D eigenvalue weighted by Crippen LogP contribution is 2.43. The van der Waals surface area contributed by atoms with Crippen LogP contribution in [0.2, 0.25) is 0 Å². The molecule has 2 N–H and O–H groups in total. The van der Waals surface area contributed by atoms with Crippen molar-refractivity contribution in [3.8, 4) is 0 Å². The van der Waals surface area contributed by atoms with E-state index >= 15 is 0 Å². The summed E-state index contributed by atoms with van der Waals surface area (Å²) < 4.78 is 6.99. The fourth-order valence-electron chi connectivity index (χ4n) is 2.67. The second kappa shape index (κ2) is 5.72. The fraction of sp³-hybridized carbons (Fsp3) is 0.667. The summed E-state index contributed by atoms with van der Waals surface area (Å²) in [6.07, 6.45) is -0.0967. The lowest BCUT2D eigenvalue weighted by Crippen LogP contribution is -2.38. The summed E-state index contributed by atoms with van der Waals surface area (Å²) in [4.78, 5) is 27.8. The molecule has 2 heterocycles. The Morgan fingerprint density at radius 1 is 1.62 bits per heavy atom. The zero-order valence-electron chi connectivity index (χ0n) is 11.8. The van der Waals surface area contributed by atoms with Crippen LogP contribution in [0.15, 0.2) is 27.0 Å². The summed E-state index contributed by atoms with van der Waals surface area (Å²) in [5.74, 6) is -0.336. The molecule has 0 spiro atoms. The molecule has 2 rings (SSSR count). The zero-order chi connectivity index (χ0) is 15.6. The van der Waals surface area contributed by atoms with E-state index in [9.17, 15) is 14.7 Å². The van der Waals surface area contributed by atoms with Crippen LogP contribution in [0.1, 0.15) is 26.5 Å². The van der Waals surface area contributed by atoms with Crippen molar-refractivity contribution >= 4 is 0 Å². The van der Waals surface area contributed by atoms with E-state index in [1.54, 1.807) is 6.92 Å². The van der Waals surface area contributed by atoms with Gasteiger partial charge in [-0.25, -0.2) is 4.79 Å². The van der Waals surface area contributed by atoms with Gasteiger partial charge in [0.2, 0.25) is 0 Å². The van der Waals surface area contributed by atoms with Crippen LogP contribution in [0.4, 0.5) is 0 Å². The minimum absolute atomic E-state index is 0.0623. The van der Waals surface area contributed by atoms with Crippen molar-refractivity contribution in [2.45, 2.75) is 38.2 Å². The minimum Gasteiger partial charge on any atom is -0.388 e. The van der Waals surface area contributed by atoms with Gasteiger partial charge in [0.25, 0.3) is 5.56 Å². The highest BCUT2D eigenvalue weighted by molar-refractivity contribution is 5.00. The number of aromatic nitrogens is 2. The average molecular weight is 295 g/mol. The van der Waals surface area contributed by atoms with Crippen LogP contribution in [0.25, 0.3) is 10.4 Å². The van der Waals surface area contributed by atoms with E-state index in [2.05, 4.69) is 15.0 Å². The quantitative estimate of drug-likeness (QED) is 0.476. The van der Waals surface area contributed by atoms with Gasteiger partial charge in [-0.3, -0.25) is 14.3 Å². The van der Waals surface area contributed by atoms with Gasteiger partial charge in [-0.1, -0.05) is 19.0 Å². The number of aliphatic hydroxyl groups is 1. The standard InChI is InChI=1S/C12H17N5O4/c1-3-12(6-14-16-13)7(2)9(19)10(21-12)17-5-4-8(18)15-11(17)20/h4-5,7,9-10,19H,3,6H2,1-2H3,(H,15,18,20)/t7?,9-,10+,12-/m0/s1. The Kier molecular flexibility index (Phi) is 4.17. The molecule has 1 fully saturated rings. The minimum atomic E-state index is -0.956. The van der Waals surface area contributed by atoms with Crippen LogP contribution in [-0.2, 0) is 4.74 Å². The van der Waals surface area contributed by atoms with Crippen molar-refractivity contribution in [2.75, 3.05) is 6.54 Å². The number of rotatable bonds is 4. The predicted octanol–water partition coefficient (Wildman–Crippen LogP) is 0.521. The fourth-order valence-corrected chi connectivity index (χ4v) is 2.67. The molecule has 114 valence electrons. The normalized spacial score (nSPS) is 31.9. The first-order valence-corrected chi connectivity index (χ1v) is 6.63. The smallest absolute Gasteiger partial charge is 0.330 e. The van der Waals surface area contributed by atoms with Crippen LogP contribution in [0, 0.1) is 5.92 Å². The van der Waals surface area contributed by atoms with Gasteiger partial charge in [0.05, 0.1) is 12.1 Å². The van der Waals surface area contributed by atoms with Crippen LogP contribution >= 0.6 is 0 Å². The number of hydrogen-bond acceptors (Lipinski definition) is 5. The average Bonchev–Trinajstić information content (AvgIpc) is 2.71. The summed E-state index contributed by atoms with van der Waals surface area (Å²) >= 11 is 0. The van der Waals surface area contributed by atoms with Crippen molar-refractivity contribution in [1.82, 2.24) is 9.55 Å². The predicted molar refractivity (Wildman–Crippen MR) is 73.7 cm³/mol. The van der Waals surface area contributed by atoms with Gasteiger partial charge in [-0.15, -0.1) is 0 Å². The van der Waals surface area contributed by atoms with E-state index in [1.807, 2.05) is 6.92 Å². The lowest BCUT2D eigenvalue weighted by Gasteiger charge is -2.30. The molecule has 1 unspecified atom stereocenters. The highest BCUT2D eigenvalue weighted by Gasteiger charge is 2.51. The molecule has 1 saturated heterocycles. The first-order valence-electron chi connectivity index (χ1n) is 6.63. The van der Waals surface area contributed by atoms with E-state index in [4.69, 9.17) is 10.3 Å². The highest BCUT2D eigenvalue weighted by atomic mass is 16.6. The molecule has 0 bridgehead atoms. The molecule has 9 heteroatoms.